The molecule has 100 valence electrons. The van der Waals surface area contributed by atoms with E-state index in [2.05, 4.69) is 42.8 Å². The molecule has 0 bridgehead atoms. The van der Waals surface area contributed by atoms with Gasteiger partial charge in [0.05, 0.1) is 0 Å². The van der Waals surface area contributed by atoms with E-state index in [-0.39, 0.29) is 6.04 Å². The first-order valence-corrected chi connectivity index (χ1v) is 7.57. The van der Waals surface area contributed by atoms with Crippen molar-refractivity contribution in [2.75, 3.05) is 6.26 Å². The molecule has 1 unspecified atom stereocenters. The van der Waals surface area contributed by atoms with Gasteiger partial charge in [0.15, 0.2) is 0 Å². The Labute approximate surface area is 118 Å². The number of thioether (sulfide) groups is 1. The van der Waals surface area contributed by atoms with Gasteiger partial charge >= 0.3 is 0 Å². The van der Waals surface area contributed by atoms with Gasteiger partial charge < -0.3 is 10.4 Å². The highest BCUT2D eigenvalue weighted by Crippen LogP contribution is 2.19. The standard InChI is InChI=1S/C16H19NOS/c1-12(14-4-3-5-15(18)10-14)17-11-13-6-8-16(19-2)9-7-13/h3-10,12,17-18H,11H2,1-2H3. The van der Waals surface area contributed by atoms with E-state index in [9.17, 15) is 5.11 Å². The van der Waals surface area contributed by atoms with Crippen molar-refractivity contribution in [3.8, 4) is 5.75 Å². The van der Waals surface area contributed by atoms with Crippen LogP contribution in [0.25, 0.3) is 0 Å². The molecule has 0 aromatic heterocycles. The molecule has 0 radical (unpaired) electrons. The van der Waals surface area contributed by atoms with Crippen molar-refractivity contribution in [3.63, 3.8) is 0 Å². The summed E-state index contributed by atoms with van der Waals surface area (Å²) in [4.78, 5) is 1.28. The first kappa shape index (κ1) is 14.0. The molecule has 0 spiro atoms. The summed E-state index contributed by atoms with van der Waals surface area (Å²) in [7, 11) is 0. The van der Waals surface area contributed by atoms with Crippen LogP contribution < -0.4 is 5.32 Å². The minimum atomic E-state index is 0.215. The molecule has 19 heavy (non-hydrogen) atoms. The molecule has 1 atom stereocenters. The topological polar surface area (TPSA) is 32.3 Å². The maximum absolute atomic E-state index is 9.47. The highest BCUT2D eigenvalue weighted by atomic mass is 32.2. The number of phenols is 1. The van der Waals surface area contributed by atoms with Crippen LogP contribution in [-0.2, 0) is 6.54 Å². The summed E-state index contributed by atoms with van der Waals surface area (Å²) in [5.41, 5.74) is 2.37. The van der Waals surface area contributed by atoms with Crippen molar-refractivity contribution in [1.82, 2.24) is 5.32 Å². The zero-order chi connectivity index (χ0) is 13.7. The lowest BCUT2D eigenvalue weighted by molar-refractivity contribution is 0.472. The summed E-state index contributed by atoms with van der Waals surface area (Å²) in [6.07, 6.45) is 2.08. The lowest BCUT2D eigenvalue weighted by atomic mass is 10.1. The molecular formula is C16H19NOS. The van der Waals surface area contributed by atoms with E-state index in [0.717, 1.165) is 12.1 Å². The molecule has 0 aliphatic carbocycles. The zero-order valence-electron chi connectivity index (χ0n) is 11.3. The van der Waals surface area contributed by atoms with Crippen LogP contribution in [0.1, 0.15) is 24.1 Å². The summed E-state index contributed by atoms with van der Waals surface area (Å²) in [5.74, 6) is 0.315. The van der Waals surface area contributed by atoms with Crippen molar-refractivity contribution in [1.29, 1.82) is 0 Å². The zero-order valence-corrected chi connectivity index (χ0v) is 12.1. The Morgan fingerprint density at radius 2 is 1.89 bits per heavy atom. The third kappa shape index (κ3) is 4.01. The lowest BCUT2D eigenvalue weighted by Gasteiger charge is -2.14. The molecule has 0 amide bonds. The fourth-order valence-electron chi connectivity index (χ4n) is 1.93. The van der Waals surface area contributed by atoms with Crippen LogP contribution in [0.3, 0.4) is 0 Å². The van der Waals surface area contributed by atoms with Crippen LogP contribution in [0.15, 0.2) is 53.4 Å². The molecule has 0 heterocycles. The SMILES string of the molecule is CSc1ccc(CNC(C)c2cccc(O)c2)cc1. The van der Waals surface area contributed by atoms with Gasteiger partial charge in [-0.3, -0.25) is 0 Å². The Morgan fingerprint density at radius 1 is 1.16 bits per heavy atom. The molecule has 3 heteroatoms. The van der Waals surface area contributed by atoms with Crippen LogP contribution in [0.5, 0.6) is 5.75 Å². The van der Waals surface area contributed by atoms with Gasteiger partial charge in [0.25, 0.3) is 0 Å². The van der Waals surface area contributed by atoms with Crippen LogP contribution in [0.2, 0.25) is 0 Å². The third-order valence-corrected chi connectivity index (χ3v) is 3.89. The van der Waals surface area contributed by atoms with Gasteiger partial charge in [0.2, 0.25) is 0 Å². The predicted molar refractivity (Wildman–Crippen MR) is 81.6 cm³/mol. The third-order valence-electron chi connectivity index (χ3n) is 3.14. The van der Waals surface area contributed by atoms with E-state index < -0.39 is 0 Å². The quantitative estimate of drug-likeness (QED) is 0.809. The number of hydrogen-bond acceptors (Lipinski definition) is 3. The maximum Gasteiger partial charge on any atom is 0.115 e. The predicted octanol–water partition coefficient (Wildman–Crippen LogP) is 3.96. The van der Waals surface area contributed by atoms with E-state index in [4.69, 9.17) is 0 Å². The highest BCUT2D eigenvalue weighted by molar-refractivity contribution is 7.98. The van der Waals surface area contributed by atoms with Gasteiger partial charge in [-0.2, -0.15) is 0 Å². The Balaban J connectivity index is 1.94. The van der Waals surface area contributed by atoms with E-state index in [0.29, 0.717) is 5.75 Å². The van der Waals surface area contributed by atoms with Crippen LogP contribution in [-0.4, -0.2) is 11.4 Å². The van der Waals surface area contributed by atoms with E-state index >= 15 is 0 Å². The van der Waals surface area contributed by atoms with Crippen LogP contribution >= 0.6 is 11.8 Å². The molecule has 2 rings (SSSR count). The molecule has 0 fully saturated rings. The fourth-order valence-corrected chi connectivity index (χ4v) is 2.33. The minimum Gasteiger partial charge on any atom is -0.508 e. The number of phenolic OH excluding ortho intramolecular Hbond substituents is 1. The lowest BCUT2D eigenvalue weighted by Crippen LogP contribution is -2.17. The van der Waals surface area contributed by atoms with Crippen molar-refractivity contribution in [2.24, 2.45) is 0 Å². The molecule has 0 aliphatic rings. The van der Waals surface area contributed by atoms with Gasteiger partial charge in [0, 0.05) is 17.5 Å². The van der Waals surface area contributed by atoms with Gasteiger partial charge in [-0.1, -0.05) is 24.3 Å². The Hall–Kier alpha value is -1.45. The summed E-state index contributed by atoms with van der Waals surface area (Å²) in [6, 6.07) is 16.2. The average Bonchev–Trinajstić information content (AvgIpc) is 2.45. The second kappa shape index (κ2) is 6.64. The average molecular weight is 273 g/mol. The van der Waals surface area contributed by atoms with Gasteiger partial charge in [0.1, 0.15) is 5.75 Å². The first-order valence-electron chi connectivity index (χ1n) is 6.34. The van der Waals surface area contributed by atoms with Crippen LogP contribution in [0.4, 0.5) is 0 Å². The van der Waals surface area contributed by atoms with Crippen molar-refractivity contribution in [2.45, 2.75) is 24.4 Å². The summed E-state index contributed by atoms with van der Waals surface area (Å²) in [6.45, 7) is 2.93. The maximum atomic E-state index is 9.47. The van der Waals surface area contributed by atoms with E-state index in [1.807, 2.05) is 12.1 Å². The summed E-state index contributed by atoms with van der Waals surface area (Å²) < 4.78 is 0. The number of hydrogen-bond donors (Lipinski definition) is 2. The molecular weight excluding hydrogens is 254 g/mol. The van der Waals surface area contributed by atoms with E-state index in [1.54, 1.807) is 23.9 Å². The van der Waals surface area contributed by atoms with Crippen molar-refractivity contribution >= 4 is 11.8 Å². The smallest absolute Gasteiger partial charge is 0.115 e. The number of benzene rings is 2. The number of rotatable bonds is 5. The number of aromatic hydroxyl groups is 1. The second-order valence-corrected chi connectivity index (χ2v) is 5.43. The summed E-state index contributed by atoms with van der Waals surface area (Å²) in [5, 5.41) is 12.9. The second-order valence-electron chi connectivity index (χ2n) is 4.55. The number of nitrogens with one attached hydrogen (secondary N) is 1. The van der Waals surface area contributed by atoms with Crippen molar-refractivity contribution in [3.05, 3.63) is 59.7 Å². The highest BCUT2D eigenvalue weighted by Gasteiger charge is 2.05. The molecule has 2 nitrogen and oxygen atoms in total. The molecule has 0 saturated carbocycles. The largest absolute Gasteiger partial charge is 0.508 e. The Kier molecular flexibility index (Phi) is 4.88. The van der Waals surface area contributed by atoms with Gasteiger partial charge in [-0.05, 0) is 48.6 Å². The van der Waals surface area contributed by atoms with E-state index in [1.165, 1.54) is 10.5 Å². The van der Waals surface area contributed by atoms with Crippen molar-refractivity contribution < 1.29 is 5.11 Å². The Bertz CT molecular complexity index is 525. The van der Waals surface area contributed by atoms with Gasteiger partial charge in [-0.25, -0.2) is 0 Å². The van der Waals surface area contributed by atoms with Crippen LogP contribution in [0, 0.1) is 0 Å². The van der Waals surface area contributed by atoms with Gasteiger partial charge in [-0.15, -0.1) is 11.8 Å². The molecule has 0 aliphatic heterocycles. The normalized spacial score (nSPS) is 12.3. The Morgan fingerprint density at radius 3 is 2.53 bits per heavy atom. The molecule has 2 N–H and O–H groups in total. The molecule has 2 aromatic rings. The first-order chi connectivity index (χ1) is 9.19. The minimum absolute atomic E-state index is 0.215. The molecule has 0 saturated heterocycles. The summed E-state index contributed by atoms with van der Waals surface area (Å²) >= 11 is 1.75. The fraction of sp³-hybridized carbons (Fsp3) is 0.250. The molecule has 2 aromatic carbocycles. The monoisotopic (exact) mass is 273 g/mol.